The Morgan fingerprint density at radius 3 is 2.71 bits per heavy atom. The van der Waals surface area contributed by atoms with Crippen molar-refractivity contribution in [3.05, 3.63) is 51.6 Å². The first-order valence-corrected chi connectivity index (χ1v) is 10.6. The number of nitrogens with zero attached hydrogens (tertiary/aromatic N) is 5. The maximum atomic E-state index is 12.8. The highest BCUT2D eigenvalue weighted by Gasteiger charge is 2.33. The van der Waals surface area contributed by atoms with E-state index in [0.29, 0.717) is 23.1 Å². The minimum absolute atomic E-state index is 0.0826. The molecule has 11 nitrogen and oxygen atoms in total. The zero-order valence-electron chi connectivity index (χ0n) is 17.3. The van der Waals surface area contributed by atoms with Gasteiger partial charge in [0.25, 0.3) is 11.8 Å². The SMILES string of the molecule is C[C@@H](NC(=O)c1ncnc2c1CCC(=O)N2)c1ncc(C(=O)Nc2nccc(C(F)(F)F)n2)s1. The first-order chi connectivity index (χ1) is 16.1. The van der Waals surface area contributed by atoms with Gasteiger partial charge in [0.2, 0.25) is 11.9 Å². The molecular formula is C19H15F3N8O3S. The van der Waals surface area contributed by atoms with Crippen molar-refractivity contribution in [3.8, 4) is 0 Å². The zero-order valence-corrected chi connectivity index (χ0v) is 18.1. The lowest BCUT2D eigenvalue weighted by Gasteiger charge is -2.18. The number of hydrogen-bond acceptors (Lipinski definition) is 9. The number of alkyl halides is 3. The van der Waals surface area contributed by atoms with Gasteiger partial charge in [-0.05, 0) is 19.4 Å². The predicted octanol–water partition coefficient (Wildman–Crippen LogP) is 2.37. The molecule has 15 heteroatoms. The molecule has 34 heavy (non-hydrogen) atoms. The largest absolute Gasteiger partial charge is 0.433 e. The van der Waals surface area contributed by atoms with Crippen LogP contribution in [-0.4, -0.2) is 42.6 Å². The van der Waals surface area contributed by atoms with E-state index in [1.165, 1.54) is 12.5 Å². The van der Waals surface area contributed by atoms with Crippen LogP contribution in [0.2, 0.25) is 0 Å². The fraction of sp³-hybridized carbons (Fsp3) is 0.263. The Morgan fingerprint density at radius 2 is 1.94 bits per heavy atom. The summed E-state index contributed by atoms with van der Waals surface area (Å²) in [7, 11) is 0. The van der Waals surface area contributed by atoms with E-state index in [1.807, 2.05) is 0 Å². The Bertz CT molecular complexity index is 1280. The summed E-state index contributed by atoms with van der Waals surface area (Å²) < 4.78 is 38.4. The third-order valence-electron chi connectivity index (χ3n) is 4.66. The topological polar surface area (TPSA) is 152 Å². The molecule has 3 aromatic heterocycles. The van der Waals surface area contributed by atoms with E-state index in [9.17, 15) is 27.6 Å². The lowest BCUT2D eigenvalue weighted by Crippen LogP contribution is -2.30. The first-order valence-electron chi connectivity index (χ1n) is 9.73. The first kappa shape index (κ1) is 23.2. The van der Waals surface area contributed by atoms with Crippen molar-refractivity contribution in [1.82, 2.24) is 30.2 Å². The van der Waals surface area contributed by atoms with E-state index in [2.05, 4.69) is 40.9 Å². The molecule has 0 aliphatic carbocycles. The van der Waals surface area contributed by atoms with Crippen molar-refractivity contribution >= 4 is 40.8 Å². The molecule has 0 unspecified atom stereocenters. The number of carbonyl (C=O) groups is 3. The maximum Gasteiger partial charge on any atom is 0.433 e. The van der Waals surface area contributed by atoms with Gasteiger partial charge in [0, 0.05) is 18.2 Å². The van der Waals surface area contributed by atoms with E-state index < -0.39 is 35.7 Å². The van der Waals surface area contributed by atoms with Gasteiger partial charge >= 0.3 is 6.18 Å². The molecule has 1 aliphatic rings. The number of rotatable bonds is 5. The van der Waals surface area contributed by atoms with E-state index in [4.69, 9.17) is 0 Å². The number of aromatic nitrogens is 5. The molecule has 3 aromatic rings. The predicted molar refractivity (Wildman–Crippen MR) is 112 cm³/mol. The molecule has 3 N–H and O–H groups in total. The standard InChI is InChI=1S/C19H15F3N8O3S/c1-8(27-16(33)13-9-2-3-12(31)29-14(9)26-7-25-13)17-24-6-10(34-17)15(32)30-18-23-5-4-11(28-18)19(20,21)22/h4-8H,2-3H2,1H3,(H,27,33)(H,23,28,30,32)(H,25,26,29,31)/t8-/m1/s1. The molecule has 0 spiro atoms. The highest BCUT2D eigenvalue weighted by molar-refractivity contribution is 7.13. The van der Waals surface area contributed by atoms with E-state index in [-0.39, 0.29) is 28.7 Å². The fourth-order valence-corrected chi connectivity index (χ4v) is 3.86. The van der Waals surface area contributed by atoms with Gasteiger partial charge < -0.3 is 10.6 Å². The summed E-state index contributed by atoms with van der Waals surface area (Å²) in [6.45, 7) is 1.64. The molecule has 1 atom stereocenters. The molecule has 0 radical (unpaired) electrons. The Balaban J connectivity index is 1.43. The summed E-state index contributed by atoms with van der Waals surface area (Å²) in [5.41, 5.74) is -0.550. The van der Waals surface area contributed by atoms with Crippen molar-refractivity contribution in [3.63, 3.8) is 0 Å². The summed E-state index contributed by atoms with van der Waals surface area (Å²) in [6, 6.07) is 0.0701. The van der Waals surface area contributed by atoms with Gasteiger partial charge in [-0.15, -0.1) is 11.3 Å². The number of amides is 3. The second kappa shape index (κ2) is 9.09. The second-order valence-electron chi connectivity index (χ2n) is 7.07. The molecule has 1 aliphatic heterocycles. The van der Waals surface area contributed by atoms with Crippen LogP contribution in [0.4, 0.5) is 24.9 Å². The number of anilines is 2. The van der Waals surface area contributed by atoms with Gasteiger partial charge in [-0.25, -0.2) is 24.9 Å². The molecule has 4 rings (SSSR count). The van der Waals surface area contributed by atoms with Gasteiger partial charge in [-0.3, -0.25) is 19.7 Å². The van der Waals surface area contributed by atoms with Gasteiger partial charge in [0.1, 0.15) is 33.4 Å². The van der Waals surface area contributed by atoms with Crippen molar-refractivity contribution in [2.75, 3.05) is 10.6 Å². The van der Waals surface area contributed by atoms with E-state index >= 15 is 0 Å². The number of fused-ring (bicyclic) bond motifs is 1. The number of hydrogen-bond donors (Lipinski definition) is 3. The molecule has 176 valence electrons. The lowest BCUT2D eigenvalue weighted by atomic mass is 10.0. The number of nitrogens with one attached hydrogen (secondary N) is 3. The second-order valence-corrected chi connectivity index (χ2v) is 8.14. The quantitative estimate of drug-likeness (QED) is 0.491. The van der Waals surface area contributed by atoms with Crippen LogP contribution in [0.5, 0.6) is 0 Å². The fourth-order valence-electron chi connectivity index (χ4n) is 3.05. The Kier molecular flexibility index (Phi) is 6.19. The molecule has 0 saturated carbocycles. The average molecular weight is 492 g/mol. The van der Waals surface area contributed by atoms with Crippen LogP contribution in [0.25, 0.3) is 0 Å². The van der Waals surface area contributed by atoms with Crippen LogP contribution in [0.15, 0.2) is 24.8 Å². The molecule has 0 saturated heterocycles. The monoisotopic (exact) mass is 492 g/mol. The third-order valence-corrected chi connectivity index (χ3v) is 5.84. The number of thiazole rings is 1. The number of carbonyl (C=O) groups excluding carboxylic acids is 3. The average Bonchev–Trinajstić information content (AvgIpc) is 3.29. The summed E-state index contributed by atoms with van der Waals surface area (Å²) in [5, 5.41) is 7.89. The van der Waals surface area contributed by atoms with E-state index in [1.54, 1.807) is 6.92 Å². The van der Waals surface area contributed by atoms with Crippen LogP contribution in [-0.2, 0) is 17.4 Å². The molecule has 0 aromatic carbocycles. The molecule has 3 amide bonds. The van der Waals surface area contributed by atoms with Gasteiger partial charge in [0.05, 0.1) is 12.2 Å². The van der Waals surface area contributed by atoms with Gasteiger partial charge in [-0.2, -0.15) is 13.2 Å². The highest BCUT2D eigenvalue weighted by Crippen LogP contribution is 2.28. The van der Waals surface area contributed by atoms with Crippen molar-refractivity contribution in [2.45, 2.75) is 32.0 Å². The van der Waals surface area contributed by atoms with Crippen molar-refractivity contribution in [2.24, 2.45) is 0 Å². The van der Waals surface area contributed by atoms with Crippen LogP contribution in [0, 0.1) is 0 Å². The molecule has 4 heterocycles. The summed E-state index contributed by atoms with van der Waals surface area (Å²) in [5.74, 6) is -1.68. The molecular weight excluding hydrogens is 477 g/mol. The molecule has 0 fully saturated rings. The number of halogens is 3. The van der Waals surface area contributed by atoms with Crippen LogP contribution in [0.1, 0.15) is 55.8 Å². The lowest BCUT2D eigenvalue weighted by molar-refractivity contribution is -0.141. The summed E-state index contributed by atoms with van der Waals surface area (Å²) in [6.07, 6.45) is -0.866. The van der Waals surface area contributed by atoms with E-state index in [0.717, 1.165) is 17.5 Å². The smallest absolute Gasteiger partial charge is 0.342 e. The highest BCUT2D eigenvalue weighted by atomic mass is 32.1. The van der Waals surface area contributed by atoms with Crippen molar-refractivity contribution < 1.29 is 27.6 Å². The normalized spacial score (nSPS) is 14.1. The van der Waals surface area contributed by atoms with Crippen LogP contribution in [0.3, 0.4) is 0 Å². The summed E-state index contributed by atoms with van der Waals surface area (Å²) in [4.78, 5) is 55.8. The Labute approximate surface area is 193 Å². The van der Waals surface area contributed by atoms with Gasteiger partial charge in [0.15, 0.2) is 0 Å². The van der Waals surface area contributed by atoms with Crippen LogP contribution >= 0.6 is 11.3 Å². The molecule has 0 bridgehead atoms. The Hall–Kier alpha value is -4.01. The van der Waals surface area contributed by atoms with Gasteiger partial charge in [-0.1, -0.05) is 0 Å². The maximum absolute atomic E-state index is 12.8. The van der Waals surface area contributed by atoms with Crippen molar-refractivity contribution in [1.29, 1.82) is 0 Å². The van der Waals surface area contributed by atoms with Crippen LogP contribution < -0.4 is 16.0 Å². The Morgan fingerprint density at radius 1 is 1.15 bits per heavy atom. The summed E-state index contributed by atoms with van der Waals surface area (Å²) >= 11 is 0.939. The minimum Gasteiger partial charge on any atom is -0.342 e. The third kappa shape index (κ3) is 4.98. The zero-order chi connectivity index (χ0) is 24.5. The minimum atomic E-state index is -4.68.